The molecule has 1 N–H and O–H groups in total. The summed E-state index contributed by atoms with van der Waals surface area (Å²) in [5, 5.41) is 11.1. The van der Waals surface area contributed by atoms with E-state index in [0.29, 0.717) is 6.42 Å². The van der Waals surface area contributed by atoms with Crippen LogP contribution in [0.15, 0.2) is 30.3 Å². The molecule has 19 heavy (non-hydrogen) atoms. The third-order valence-corrected chi connectivity index (χ3v) is 3.74. The summed E-state index contributed by atoms with van der Waals surface area (Å²) in [6, 6.07) is 9.26. The molecular formula is C14H17NO4. The van der Waals surface area contributed by atoms with Gasteiger partial charge in [-0.1, -0.05) is 30.3 Å². The molecule has 3 atom stereocenters. The molecule has 0 saturated carbocycles. The van der Waals surface area contributed by atoms with Crippen molar-refractivity contribution in [1.82, 2.24) is 5.06 Å². The number of aliphatic hydroxyl groups excluding tert-OH is 1. The summed E-state index contributed by atoms with van der Waals surface area (Å²) in [5.74, 6) is -0.274. The zero-order chi connectivity index (χ0) is 13.5. The van der Waals surface area contributed by atoms with E-state index in [4.69, 9.17) is 9.57 Å². The van der Waals surface area contributed by atoms with E-state index in [1.807, 2.05) is 30.3 Å². The van der Waals surface area contributed by atoms with Crippen molar-refractivity contribution in [1.29, 1.82) is 0 Å². The first kappa shape index (κ1) is 12.6. The maximum atomic E-state index is 11.8. The summed E-state index contributed by atoms with van der Waals surface area (Å²) in [4.78, 5) is 17.7. The van der Waals surface area contributed by atoms with Crippen LogP contribution in [0.3, 0.4) is 0 Å². The molecule has 0 aliphatic carbocycles. The molecule has 2 heterocycles. The third-order valence-electron chi connectivity index (χ3n) is 3.74. The lowest BCUT2D eigenvalue weighted by Crippen LogP contribution is -2.46. The van der Waals surface area contributed by atoms with Crippen LogP contribution in [0.25, 0.3) is 0 Å². The Morgan fingerprint density at radius 3 is 2.79 bits per heavy atom. The van der Waals surface area contributed by atoms with Gasteiger partial charge in [-0.2, -0.15) is 5.06 Å². The van der Waals surface area contributed by atoms with Gasteiger partial charge in [0.15, 0.2) is 0 Å². The minimum Gasteiger partial charge on any atom is -0.462 e. The van der Waals surface area contributed by atoms with Crippen LogP contribution in [0.5, 0.6) is 0 Å². The van der Waals surface area contributed by atoms with Gasteiger partial charge in [-0.15, -0.1) is 0 Å². The van der Waals surface area contributed by atoms with Crippen LogP contribution in [0.2, 0.25) is 0 Å². The molecule has 0 unspecified atom stereocenters. The Morgan fingerprint density at radius 1 is 1.37 bits per heavy atom. The van der Waals surface area contributed by atoms with Gasteiger partial charge < -0.3 is 9.84 Å². The van der Waals surface area contributed by atoms with Gasteiger partial charge in [0.05, 0.1) is 12.6 Å². The molecule has 2 aliphatic rings. The number of hydroxylamine groups is 2. The number of cyclic esters (lactones) is 1. The van der Waals surface area contributed by atoms with Gasteiger partial charge in [0.25, 0.3) is 0 Å². The van der Waals surface area contributed by atoms with Crippen molar-refractivity contribution in [3.63, 3.8) is 0 Å². The van der Waals surface area contributed by atoms with Gasteiger partial charge in [-0.25, -0.2) is 0 Å². The molecule has 102 valence electrons. The molecule has 0 bridgehead atoms. The average Bonchev–Trinajstić information content (AvgIpc) is 2.80. The van der Waals surface area contributed by atoms with Crippen LogP contribution >= 0.6 is 0 Å². The summed E-state index contributed by atoms with van der Waals surface area (Å²) in [6.45, 7) is 1.97. The predicted molar refractivity (Wildman–Crippen MR) is 67.0 cm³/mol. The summed E-state index contributed by atoms with van der Waals surface area (Å²) in [6.07, 6.45) is 0.450. The maximum absolute atomic E-state index is 11.8. The molecule has 1 aromatic rings. The number of hydrogen-bond donors (Lipinski definition) is 1. The Morgan fingerprint density at radius 2 is 2.11 bits per heavy atom. The van der Waals surface area contributed by atoms with Crippen molar-refractivity contribution in [2.75, 3.05) is 13.2 Å². The quantitative estimate of drug-likeness (QED) is 0.808. The smallest absolute Gasteiger partial charge is 0.325 e. The lowest BCUT2D eigenvalue weighted by molar-refractivity contribution is -0.253. The van der Waals surface area contributed by atoms with E-state index in [9.17, 15) is 9.90 Å². The number of benzene rings is 1. The van der Waals surface area contributed by atoms with E-state index >= 15 is 0 Å². The van der Waals surface area contributed by atoms with Crippen molar-refractivity contribution >= 4 is 5.97 Å². The van der Waals surface area contributed by atoms with Crippen molar-refractivity contribution < 1.29 is 19.5 Å². The molecule has 0 amide bonds. The number of hydrogen-bond acceptors (Lipinski definition) is 5. The SMILES string of the molecule is C[C@]1(CO)C[C@@H]2C(=O)OC[C@@H](c3ccccc3)N2O1. The van der Waals surface area contributed by atoms with Crippen molar-refractivity contribution in [2.24, 2.45) is 0 Å². The minimum absolute atomic E-state index is 0.114. The summed E-state index contributed by atoms with van der Waals surface area (Å²) in [7, 11) is 0. The number of carbonyl (C=O) groups is 1. The third kappa shape index (κ3) is 2.14. The van der Waals surface area contributed by atoms with Crippen LogP contribution in [0, 0.1) is 0 Å². The summed E-state index contributed by atoms with van der Waals surface area (Å²) in [5.41, 5.74) is 0.336. The first-order chi connectivity index (χ1) is 9.13. The fourth-order valence-electron chi connectivity index (χ4n) is 2.66. The number of ether oxygens (including phenoxy) is 1. The molecule has 0 radical (unpaired) electrons. The molecule has 2 saturated heterocycles. The number of fused-ring (bicyclic) bond motifs is 1. The van der Waals surface area contributed by atoms with Gasteiger partial charge in [-0.05, 0) is 12.5 Å². The summed E-state index contributed by atoms with van der Waals surface area (Å²) >= 11 is 0. The highest BCUT2D eigenvalue weighted by Gasteiger charge is 2.51. The van der Waals surface area contributed by atoms with Crippen LogP contribution in [0.1, 0.15) is 24.9 Å². The van der Waals surface area contributed by atoms with Crippen LogP contribution < -0.4 is 0 Å². The van der Waals surface area contributed by atoms with E-state index in [2.05, 4.69) is 0 Å². The van der Waals surface area contributed by atoms with Crippen molar-refractivity contribution in [3.8, 4) is 0 Å². The maximum Gasteiger partial charge on any atom is 0.325 e. The number of esters is 1. The van der Waals surface area contributed by atoms with Gasteiger partial charge in [0.1, 0.15) is 18.2 Å². The first-order valence-corrected chi connectivity index (χ1v) is 6.43. The molecule has 1 aromatic carbocycles. The number of nitrogens with zero attached hydrogens (tertiary/aromatic N) is 1. The highest BCUT2D eigenvalue weighted by Crippen LogP contribution is 2.40. The molecule has 5 nitrogen and oxygen atoms in total. The minimum atomic E-state index is -0.707. The second kappa shape index (κ2) is 4.59. The number of aliphatic hydroxyl groups is 1. The van der Waals surface area contributed by atoms with E-state index in [1.54, 1.807) is 12.0 Å². The van der Waals surface area contributed by atoms with E-state index in [0.717, 1.165) is 5.56 Å². The topological polar surface area (TPSA) is 59.0 Å². The zero-order valence-corrected chi connectivity index (χ0v) is 10.8. The Bertz CT molecular complexity index is 478. The molecule has 0 aromatic heterocycles. The highest BCUT2D eigenvalue weighted by molar-refractivity contribution is 5.77. The molecule has 0 spiro atoms. The number of rotatable bonds is 2. The van der Waals surface area contributed by atoms with Crippen molar-refractivity contribution in [3.05, 3.63) is 35.9 Å². The average molecular weight is 263 g/mol. The molecule has 5 heteroatoms. The van der Waals surface area contributed by atoms with E-state index in [1.165, 1.54) is 0 Å². The zero-order valence-electron chi connectivity index (χ0n) is 10.8. The Labute approximate surface area is 111 Å². The standard InChI is InChI=1S/C14H17NO4/c1-14(9-16)7-11-13(17)18-8-12(15(11)19-14)10-5-3-2-4-6-10/h2-6,11-12,16H,7-9H2,1H3/t11-,12+,14-/m1/s1. The lowest BCUT2D eigenvalue weighted by Gasteiger charge is -2.35. The highest BCUT2D eigenvalue weighted by atomic mass is 16.7. The molecular weight excluding hydrogens is 246 g/mol. The second-order valence-electron chi connectivity index (χ2n) is 5.34. The fourth-order valence-corrected chi connectivity index (χ4v) is 2.66. The molecule has 2 aliphatic heterocycles. The van der Waals surface area contributed by atoms with Crippen LogP contribution in [0.4, 0.5) is 0 Å². The predicted octanol–water partition coefficient (Wildman–Crippen LogP) is 1.04. The molecule has 3 rings (SSSR count). The molecule has 2 fully saturated rings. The second-order valence-corrected chi connectivity index (χ2v) is 5.34. The summed E-state index contributed by atoms with van der Waals surface area (Å²) < 4.78 is 5.25. The Hall–Kier alpha value is -1.43. The van der Waals surface area contributed by atoms with Crippen LogP contribution in [-0.2, 0) is 14.4 Å². The van der Waals surface area contributed by atoms with Gasteiger partial charge in [-0.3, -0.25) is 9.63 Å². The van der Waals surface area contributed by atoms with Gasteiger partial charge >= 0.3 is 5.97 Å². The monoisotopic (exact) mass is 263 g/mol. The Balaban J connectivity index is 1.90. The van der Waals surface area contributed by atoms with E-state index in [-0.39, 0.29) is 25.2 Å². The normalized spacial score (nSPS) is 34.9. The number of morpholine rings is 1. The first-order valence-electron chi connectivity index (χ1n) is 6.43. The van der Waals surface area contributed by atoms with Gasteiger partial charge in [0, 0.05) is 6.42 Å². The fraction of sp³-hybridized carbons (Fsp3) is 0.500. The largest absolute Gasteiger partial charge is 0.462 e. The Kier molecular flexibility index (Phi) is 3.05. The van der Waals surface area contributed by atoms with Crippen LogP contribution in [-0.4, -0.2) is 41.0 Å². The van der Waals surface area contributed by atoms with Gasteiger partial charge in [0.2, 0.25) is 0 Å². The number of carbonyl (C=O) groups excluding carboxylic acids is 1. The van der Waals surface area contributed by atoms with Crippen molar-refractivity contribution in [2.45, 2.75) is 31.0 Å². The lowest BCUT2D eigenvalue weighted by atomic mass is 9.97. The van der Waals surface area contributed by atoms with E-state index < -0.39 is 11.6 Å².